The summed E-state index contributed by atoms with van der Waals surface area (Å²) in [7, 11) is 0. The zero-order chi connectivity index (χ0) is 7.84. The van der Waals surface area contributed by atoms with Crippen molar-refractivity contribution >= 4 is 15.9 Å². The fraction of sp³-hybridized carbons (Fsp3) is 0.286. The maximum Gasteiger partial charge on any atom is 0.261 e. The normalized spacial score (nSPS) is 13.6. The molecule has 0 aromatic carbocycles. The molecule has 2 rings (SSSR count). The third kappa shape index (κ3) is 1.07. The van der Waals surface area contributed by atoms with E-state index in [0.717, 1.165) is 15.9 Å². The SMILES string of the molecule is Cc1cc2c(nc1Br)OCO2. The van der Waals surface area contributed by atoms with Crippen LogP contribution in [-0.4, -0.2) is 11.8 Å². The highest BCUT2D eigenvalue weighted by Gasteiger charge is 2.15. The number of hydrogen-bond acceptors (Lipinski definition) is 3. The van der Waals surface area contributed by atoms with Gasteiger partial charge in [-0.15, -0.1) is 0 Å². The van der Waals surface area contributed by atoms with Gasteiger partial charge in [0.1, 0.15) is 4.60 Å². The molecule has 58 valence electrons. The summed E-state index contributed by atoms with van der Waals surface area (Å²) in [5.41, 5.74) is 1.05. The number of fused-ring (bicyclic) bond motifs is 1. The first-order valence-corrected chi connectivity index (χ1v) is 3.99. The van der Waals surface area contributed by atoms with Crippen molar-refractivity contribution in [1.82, 2.24) is 4.98 Å². The van der Waals surface area contributed by atoms with Gasteiger partial charge in [-0.3, -0.25) is 0 Å². The molecule has 2 heterocycles. The molecule has 0 N–H and O–H groups in total. The zero-order valence-corrected chi connectivity index (χ0v) is 7.51. The van der Waals surface area contributed by atoms with E-state index in [4.69, 9.17) is 9.47 Å². The maximum absolute atomic E-state index is 5.13. The van der Waals surface area contributed by atoms with E-state index >= 15 is 0 Å². The van der Waals surface area contributed by atoms with E-state index in [1.165, 1.54) is 0 Å². The third-order valence-electron chi connectivity index (χ3n) is 1.49. The molecule has 1 aliphatic heterocycles. The molecule has 0 atom stereocenters. The molecule has 1 aromatic heterocycles. The van der Waals surface area contributed by atoms with Gasteiger partial charge in [0.05, 0.1) is 0 Å². The van der Waals surface area contributed by atoms with E-state index in [1.54, 1.807) is 0 Å². The minimum absolute atomic E-state index is 0.276. The van der Waals surface area contributed by atoms with Crippen LogP contribution in [0.4, 0.5) is 0 Å². The Hall–Kier alpha value is -0.770. The lowest BCUT2D eigenvalue weighted by atomic mass is 10.3. The molecule has 0 radical (unpaired) electrons. The van der Waals surface area contributed by atoms with Gasteiger partial charge in [-0.2, -0.15) is 0 Å². The van der Waals surface area contributed by atoms with Crippen LogP contribution in [0.5, 0.6) is 11.6 Å². The molecule has 0 saturated carbocycles. The van der Waals surface area contributed by atoms with Gasteiger partial charge in [-0.05, 0) is 34.5 Å². The Morgan fingerprint density at radius 1 is 1.55 bits per heavy atom. The van der Waals surface area contributed by atoms with Crippen molar-refractivity contribution in [3.8, 4) is 11.6 Å². The molecule has 0 bridgehead atoms. The predicted molar refractivity (Wildman–Crippen MR) is 42.8 cm³/mol. The van der Waals surface area contributed by atoms with Gasteiger partial charge in [0.2, 0.25) is 6.79 Å². The topological polar surface area (TPSA) is 31.4 Å². The van der Waals surface area contributed by atoms with Crippen LogP contribution in [-0.2, 0) is 0 Å². The highest BCUT2D eigenvalue weighted by Crippen LogP contribution is 2.32. The van der Waals surface area contributed by atoms with Gasteiger partial charge < -0.3 is 9.47 Å². The van der Waals surface area contributed by atoms with Gasteiger partial charge in [0.15, 0.2) is 5.75 Å². The fourth-order valence-corrected chi connectivity index (χ4v) is 1.18. The molecule has 0 fully saturated rings. The van der Waals surface area contributed by atoms with Gasteiger partial charge in [-0.25, -0.2) is 4.98 Å². The van der Waals surface area contributed by atoms with Crippen LogP contribution in [0.1, 0.15) is 5.56 Å². The number of aryl methyl sites for hydroxylation is 1. The number of halogens is 1. The monoisotopic (exact) mass is 215 g/mol. The largest absolute Gasteiger partial charge is 0.452 e. The molecule has 3 nitrogen and oxygen atoms in total. The number of nitrogens with zero attached hydrogens (tertiary/aromatic N) is 1. The van der Waals surface area contributed by atoms with E-state index in [2.05, 4.69) is 20.9 Å². The van der Waals surface area contributed by atoms with Gasteiger partial charge in [0, 0.05) is 0 Å². The summed E-state index contributed by atoms with van der Waals surface area (Å²) in [6.07, 6.45) is 0. The van der Waals surface area contributed by atoms with Gasteiger partial charge in [-0.1, -0.05) is 0 Å². The van der Waals surface area contributed by atoms with Crippen molar-refractivity contribution in [2.45, 2.75) is 6.92 Å². The third-order valence-corrected chi connectivity index (χ3v) is 2.30. The second-order valence-electron chi connectivity index (χ2n) is 2.31. The molecule has 0 unspecified atom stereocenters. The summed E-state index contributed by atoms with van der Waals surface area (Å²) >= 11 is 3.30. The molecule has 0 saturated heterocycles. The molecular weight excluding hydrogens is 210 g/mol. The Morgan fingerprint density at radius 2 is 2.36 bits per heavy atom. The lowest BCUT2D eigenvalue weighted by Gasteiger charge is -1.98. The number of hydrogen-bond donors (Lipinski definition) is 0. The van der Waals surface area contributed by atoms with Crippen LogP contribution < -0.4 is 9.47 Å². The Bertz CT molecular complexity index is 272. The Morgan fingerprint density at radius 3 is 3.18 bits per heavy atom. The Kier molecular flexibility index (Phi) is 1.49. The highest BCUT2D eigenvalue weighted by atomic mass is 79.9. The first kappa shape index (κ1) is 6.91. The maximum atomic E-state index is 5.13. The van der Waals surface area contributed by atoms with Crippen molar-refractivity contribution in [2.75, 3.05) is 6.79 Å². The number of rotatable bonds is 0. The quantitative estimate of drug-likeness (QED) is 0.620. The van der Waals surface area contributed by atoms with Gasteiger partial charge in [0.25, 0.3) is 5.88 Å². The molecule has 1 aromatic rings. The van der Waals surface area contributed by atoms with E-state index in [0.29, 0.717) is 5.88 Å². The van der Waals surface area contributed by atoms with E-state index in [1.807, 2.05) is 13.0 Å². The average molecular weight is 216 g/mol. The van der Waals surface area contributed by atoms with Crippen molar-refractivity contribution in [3.63, 3.8) is 0 Å². The molecule has 0 spiro atoms. The Balaban J connectivity index is 2.57. The zero-order valence-electron chi connectivity index (χ0n) is 5.93. The number of pyridine rings is 1. The molecule has 1 aliphatic rings. The first-order valence-electron chi connectivity index (χ1n) is 3.20. The number of aromatic nitrogens is 1. The summed E-state index contributed by atoms with van der Waals surface area (Å²) < 4.78 is 11.0. The molecular formula is C7H6BrNO2. The summed E-state index contributed by atoms with van der Waals surface area (Å²) in [6.45, 7) is 2.23. The van der Waals surface area contributed by atoms with E-state index < -0.39 is 0 Å². The van der Waals surface area contributed by atoms with Crippen molar-refractivity contribution in [1.29, 1.82) is 0 Å². The van der Waals surface area contributed by atoms with Crippen LogP contribution in [0.3, 0.4) is 0 Å². The molecule has 4 heteroatoms. The van der Waals surface area contributed by atoms with Crippen molar-refractivity contribution in [3.05, 3.63) is 16.2 Å². The summed E-state index contributed by atoms with van der Waals surface area (Å²) in [5, 5.41) is 0. The van der Waals surface area contributed by atoms with Crippen LogP contribution in [0.15, 0.2) is 10.7 Å². The van der Waals surface area contributed by atoms with E-state index in [-0.39, 0.29) is 6.79 Å². The highest BCUT2D eigenvalue weighted by molar-refractivity contribution is 9.10. The second kappa shape index (κ2) is 2.37. The average Bonchev–Trinajstić information content (AvgIpc) is 2.36. The minimum Gasteiger partial charge on any atom is -0.452 e. The summed E-state index contributed by atoms with van der Waals surface area (Å²) in [5.74, 6) is 1.30. The van der Waals surface area contributed by atoms with Crippen molar-refractivity contribution in [2.24, 2.45) is 0 Å². The first-order chi connectivity index (χ1) is 5.27. The molecule has 0 amide bonds. The standard InChI is InChI=1S/C7H6BrNO2/c1-4-2-5-7(9-6(4)8)11-3-10-5/h2H,3H2,1H3. The van der Waals surface area contributed by atoms with Crippen LogP contribution in [0.25, 0.3) is 0 Å². The van der Waals surface area contributed by atoms with E-state index in [9.17, 15) is 0 Å². The van der Waals surface area contributed by atoms with Crippen LogP contribution in [0, 0.1) is 6.92 Å². The summed E-state index contributed by atoms with van der Waals surface area (Å²) in [6, 6.07) is 1.90. The van der Waals surface area contributed by atoms with Gasteiger partial charge >= 0.3 is 0 Å². The predicted octanol–water partition coefficient (Wildman–Crippen LogP) is 1.88. The lowest BCUT2D eigenvalue weighted by molar-refractivity contribution is 0.171. The molecule has 0 aliphatic carbocycles. The minimum atomic E-state index is 0.276. The number of ether oxygens (including phenoxy) is 2. The molecule has 11 heavy (non-hydrogen) atoms. The van der Waals surface area contributed by atoms with Crippen molar-refractivity contribution < 1.29 is 9.47 Å². The Labute approximate surface area is 72.5 Å². The smallest absolute Gasteiger partial charge is 0.261 e. The summed E-state index contributed by atoms with van der Waals surface area (Å²) in [4.78, 5) is 4.12. The lowest BCUT2D eigenvalue weighted by Crippen LogP contribution is -1.93. The fourth-order valence-electron chi connectivity index (χ4n) is 0.906. The second-order valence-corrected chi connectivity index (χ2v) is 3.06. The van der Waals surface area contributed by atoms with Crippen LogP contribution >= 0.6 is 15.9 Å². The van der Waals surface area contributed by atoms with Crippen LogP contribution in [0.2, 0.25) is 0 Å².